The molecule has 5 N–H and O–H groups in total. The van der Waals surface area contributed by atoms with Crippen LogP contribution in [0.15, 0.2) is 0 Å². The van der Waals surface area contributed by atoms with Crippen molar-refractivity contribution in [3.63, 3.8) is 0 Å². The molecule has 0 aromatic rings. The Morgan fingerprint density at radius 3 is 1.88 bits per heavy atom. The number of aliphatic hydroxyl groups excluding tert-OH is 2. The van der Waals surface area contributed by atoms with E-state index in [1.165, 1.54) is 0 Å². The van der Waals surface area contributed by atoms with Gasteiger partial charge in [0.1, 0.15) is 0 Å². The van der Waals surface area contributed by atoms with Gasteiger partial charge in [0.2, 0.25) is 0 Å². The molecule has 0 aromatic carbocycles. The molecule has 4 nitrogen and oxygen atoms in total. The van der Waals surface area contributed by atoms with Crippen molar-refractivity contribution in [2.24, 2.45) is 5.73 Å². The highest BCUT2D eigenvalue weighted by molar-refractivity contribution is 4.54. The minimum absolute atomic E-state index is 0.0671. The largest absolute Gasteiger partial charge is 0.392 e. The zero-order valence-electron chi connectivity index (χ0n) is 4.49. The Morgan fingerprint density at radius 2 is 1.75 bits per heavy atom. The van der Waals surface area contributed by atoms with Gasteiger partial charge in [0.25, 0.3) is 0 Å². The van der Waals surface area contributed by atoms with Crippen LogP contribution < -0.4 is 5.73 Å². The molecule has 0 heterocycles. The molecule has 0 aliphatic heterocycles. The highest BCUT2D eigenvalue weighted by atomic mass is 16.5. The highest BCUT2D eigenvalue weighted by Gasteiger charge is 2.04. The summed E-state index contributed by atoms with van der Waals surface area (Å²) < 4.78 is 0. The van der Waals surface area contributed by atoms with E-state index in [0.29, 0.717) is 0 Å². The topological polar surface area (TPSA) is 86.7 Å². The van der Waals surface area contributed by atoms with Crippen LogP contribution in [0.4, 0.5) is 0 Å². The molecule has 0 bridgehead atoms. The van der Waals surface area contributed by atoms with Gasteiger partial charge in [0, 0.05) is 13.0 Å². The van der Waals surface area contributed by atoms with Crippen molar-refractivity contribution in [2.45, 2.75) is 18.8 Å². The van der Waals surface area contributed by atoms with Gasteiger partial charge < -0.3 is 21.1 Å². The fourth-order valence-corrected chi connectivity index (χ4v) is 0.340. The van der Waals surface area contributed by atoms with Gasteiger partial charge in [-0.1, -0.05) is 0 Å². The minimum Gasteiger partial charge on any atom is -0.392 e. The van der Waals surface area contributed by atoms with Crippen LogP contribution in [0.25, 0.3) is 0 Å². The maximum absolute atomic E-state index is 8.58. The van der Waals surface area contributed by atoms with Crippen LogP contribution >= 0.6 is 0 Å². The molecule has 1 unspecified atom stereocenters. The van der Waals surface area contributed by atoms with Crippen LogP contribution in [0.3, 0.4) is 0 Å². The maximum Gasteiger partial charge on any atom is 0.153 e. The molecule has 0 radical (unpaired) electrons. The van der Waals surface area contributed by atoms with E-state index >= 15 is 0 Å². The first-order chi connectivity index (χ1) is 3.66. The first-order valence-corrected chi connectivity index (χ1v) is 2.41. The fourth-order valence-electron chi connectivity index (χ4n) is 0.340. The summed E-state index contributed by atoms with van der Waals surface area (Å²) in [6.45, 7) is 0.0671. The molecule has 0 rings (SSSR count). The second-order valence-electron chi connectivity index (χ2n) is 1.61. The van der Waals surface area contributed by atoms with Crippen molar-refractivity contribution >= 4 is 0 Å². The summed E-state index contributed by atoms with van der Waals surface area (Å²) >= 11 is 0. The third kappa shape index (κ3) is 4.01. The van der Waals surface area contributed by atoms with E-state index in [1.807, 2.05) is 0 Å². The average molecular weight is 121 g/mol. The van der Waals surface area contributed by atoms with Gasteiger partial charge in [0.15, 0.2) is 6.29 Å². The first kappa shape index (κ1) is 7.84. The molecule has 50 valence electrons. The summed E-state index contributed by atoms with van der Waals surface area (Å²) in [6.07, 6.45) is -2.32. The summed E-state index contributed by atoms with van der Waals surface area (Å²) in [5.74, 6) is 0. The van der Waals surface area contributed by atoms with Crippen molar-refractivity contribution in [1.29, 1.82) is 0 Å². The standard InChI is InChI=1S/C4H11NO3/c5-2-3(6)1-4(7)8/h3-4,6-8H,1-2,5H2. The van der Waals surface area contributed by atoms with Crippen LogP contribution in [0.1, 0.15) is 6.42 Å². The smallest absolute Gasteiger partial charge is 0.153 e. The van der Waals surface area contributed by atoms with Gasteiger partial charge in [-0.15, -0.1) is 0 Å². The molecule has 0 spiro atoms. The number of hydrogen-bond donors (Lipinski definition) is 4. The van der Waals surface area contributed by atoms with E-state index in [9.17, 15) is 0 Å². The molecule has 0 saturated heterocycles. The highest BCUT2D eigenvalue weighted by Crippen LogP contribution is 1.91. The zero-order chi connectivity index (χ0) is 6.57. The lowest BCUT2D eigenvalue weighted by Crippen LogP contribution is -2.24. The lowest BCUT2D eigenvalue weighted by atomic mass is 10.2. The Bertz CT molecular complexity index is 57.2. The Labute approximate surface area is 47.6 Å². The van der Waals surface area contributed by atoms with E-state index < -0.39 is 12.4 Å². The van der Waals surface area contributed by atoms with E-state index in [4.69, 9.17) is 21.1 Å². The van der Waals surface area contributed by atoms with Crippen LogP contribution in [-0.4, -0.2) is 34.3 Å². The Hall–Kier alpha value is -0.160. The molecule has 0 aliphatic rings. The van der Waals surface area contributed by atoms with Crippen molar-refractivity contribution in [2.75, 3.05) is 6.54 Å². The Balaban J connectivity index is 3.10. The van der Waals surface area contributed by atoms with Crippen LogP contribution in [0.2, 0.25) is 0 Å². The van der Waals surface area contributed by atoms with Crippen LogP contribution in [0, 0.1) is 0 Å². The number of rotatable bonds is 3. The van der Waals surface area contributed by atoms with Crippen molar-refractivity contribution in [3.05, 3.63) is 0 Å². The molecule has 1 atom stereocenters. The zero-order valence-corrected chi connectivity index (χ0v) is 4.49. The third-order valence-electron chi connectivity index (χ3n) is 0.755. The summed E-state index contributed by atoms with van der Waals surface area (Å²) in [5.41, 5.74) is 4.95. The monoisotopic (exact) mass is 121 g/mol. The van der Waals surface area contributed by atoms with Gasteiger partial charge in [-0.3, -0.25) is 0 Å². The summed E-state index contributed by atoms with van der Waals surface area (Å²) in [6, 6.07) is 0. The number of hydrogen-bond acceptors (Lipinski definition) is 4. The normalized spacial score (nSPS) is 14.6. The lowest BCUT2D eigenvalue weighted by molar-refractivity contribution is -0.0680. The molecule has 0 aliphatic carbocycles. The van der Waals surface area contributed by atoms with Crippen LogP contribution in [-0.2, 0) is 0 Å². The third-order valence-corrected chi connectivity index (χ3v) is 0.755. The molecular weight excluding hydrogens is 110 g/mol. The second-order valence-corrected chi connectivity index (χ2v) is 1.61. The minimum atomic E-state index is -1.45. The first-order valence-electron chi connectivity index (χ1n) is 2.41. The Kier molecular flexibility index (Phi) is 3.72. The lowest BCUT2D eigenvalue weighted by Gasteiger charge is -2.07. The van der Waals surface area contributed by atoms with Crippen molar-refractivity contribution in [1.82, 2.24) is 0 Å². The molecule has 0 saturated carbocycles. The fraction of sp³-hybridized carbons (Fsp3) is 1.00. The molecule has 0 amide bonds. The predicted octanol–water partition coefficient (Wildman–Crippen LogP) is -1.99. The number of nitrogens with two attached hydrogens (primary N) is 1. The molecule has 0 fully saturated rings. The summed E-state index contributed by atoms with van der Waals surface area (Å²) in [5, 5.41) is 25.0. The number of aliphatic hydroxyl groups is 3. The van der Waals surface area contributed by atoms with E-state index in [1.54, 1.807) is 0 Å². The average Bonchev–Trinajstić information content (AvgIpc) is 1.65. The molecule has 0 aromatic heterocycles. The summed E-state index contributed by atoms with van der Waals surface area (Å²) in [7, 11) is 0. The quantitative estimate of drug-likeness (QED) is 0.325. The molecular formula is C4H11NO3. The van der Waals surface area contributed by atoms with Gasteiger partial charge in [-0.25, -0.2) is 0 Å². The van der Waals surface area contributed by atoms with Gasteiger partial charge in [-0.2, -0.15) is 0 Å². The van der Waals surface area contributed by atoms with Gasteiger partial charge >= 0.3 is 0 Å². The van der Waals surface area contributed by atoms with E-state index in [2.05, 4.69) is 0 Å². The summed E-state index contributed by atoms with van der Waals surface area (Å²) in [4.78, 5) is 0. The van der Waals surface area contributed by atoms with Gasteiger partial charge in [-0.05, 0) is 0 Å². The van der Waals surface area contributed by atoms with Crippen LogP contribution in [0.5, 0.6) is 0 Å². The molecule has 4 heteroatoms. The molecule has 8 heavy (non-hydrogen) atoms. The van der Waals surface area contributed by atoms with Crippen molar-refractivity contribution < 1.29 is 15.3 Å². The maximum atomic E-state index is 8.58. The van der Waals surface area contributed by atoms with E-state index in [0.717, 1.165) is 0 Å². The second kappa shape index (κ2) is 3.80. The van der Waals surface area contributed by atoms with Gasteiger partial charge in [0.05, 0.1) is 6.10 Å². The predicted molar refractivity (Wildman–Crippen MR) is 27.9 cm³/mol. The van der Waals surface area contributed by atoms with Crippen molar-refractivity contribution in [3.8, 4) is 0 Å². The SMILES string of the molecule is NCC(O)CC(O)O. The Morgan fingerprint density at radius 1 is 1.25 bits per heavy atom. The van der Waals surface area contributed by atoms with E-state index in [-0.39, 0.29) is 13.0 Å².